The van der Waals surface area contributed by atoms with Crippen molar-refractivity contribution >= 4 is 19.7 Å². The van der Waals surface area contributed by atoms with Gasteiger partial charge in [-0.15, -0.1) is 0 Å². The first-order chi connectivity index (χ1) is 41.4. The number of esters is 1. The Labute approximate surface area is 526 Å². The van der Waals surface area contributed by atoms with Crippen LogP contribution in [0.2, 0.25) is 0 Å². The number of unbranched alkanes of at least 4 members (excludes halogenated alkanes) is 34. The minimum absolute atomic E-state index is 0.0279. The Hall–Kier alpha value is -3.07. The summed E-state index contributed by atoms with van der Waals surface area (Å²) in [6.07, 6.45) is 86.7. The number of allylic oxidation sites excluding steroid dienone is 15. The minimum Gasteiger partial charge on any atom is -0.756 e. The third-order valence-electron chi connectivity index (χ3n) is 15.5. The first-order valence-corrected chi connectivity index (χ1v) is 37.0. The highest BCUT2D eigenvalue weighted by atomic mass is 31.2. The van der Waals surface area contributed by atoms with E-state index < -0.39 is 26.6 Å². The lowest BCUT2D eigenvalue weighted by Crippen LogP contribution is -2.47. The number of phosphoric acid groups is 1. The molecule has 85 heavy (non-hydrogen) atoms. The molecule has 0 bridgehead atoms. The van der Waals surface area contributed by atoms with Gasteiger partial charge in [-0.2, -0.15) is 0 Å². The molecular formula is C75H135N2O7P. The van der Waals surface area contributed by atoms with E-state index >= 15 is 0 Å². The molecule has 0 spiro atoms. The Balaban J connectivity index is 5.04. The van der Waals surface area contributed by atoms with Gasteiger partial charge in [0.15, 0.2) is 0 Å². The molecule has 3 unspecified atom stereocenters. The predicted octanol–water partition coefficient (Wildman–Crippen LogP) is 22.0. The Morgan fingerprint density at radius 2 is 0.718 bits per heavy atom. The minimum atomic E-state index is -4.71. The van der Waals surface area contributed by atoms with Crippen LogP contribution in [0.4, 0.5) is 0 Å². The normalized spacial score (nSPS) is 14.1. The summed E-state index contributed by atoms with van der Waals surface area (Å²) in [5, 5.41) is 3.04. The smallest absolute Gasteiger partial charge is 0.306 e. The van der Waals surface area contributed by atoms with E-state index in [-0.39, 0.29) is 24.9 Å². The molecule has 0 radical (unpaired) electrons. The van der Waals surface area contributed by atoms with Crippen LogP contribution < -0.4 is 10.2 Å². The molecule has 3 atom stereocenters. The zero-order valence-corrected chi connectivity index (χ0v) is 57.2. The van der Waals surface area contributed by atoms with Crippen molar-refractivity contribution in [1.29, 1.82) is 0 Å². The summed E-state index contributed by atoms with van der Waals surface area (Å²) in [5.41, 5.74) is 0. The topological polar surface area (TPSA) is 114 Å². The number of nitrogens with zero attached hydrogens (tertiary/aromatic N) is 1. The number of carbonyl (C=O) groups is 2. The van der Waals surface area contributed by atoms with Crippen LogP contribution in [0.3, 0.4) is 0 Å². The van der Waals surface area contributed by atoms with E-state index in [2.05, 4.69) is 111 Å². The highest BCUT2D eigenvalue weighted by molar-refractivity contribution is 7.45. The van der Waals surface area contributed by atoms with Crippen molar-refractivity contribution in [3.63, 3.8) is 0 Å². The Bertz CT molecular complexity index is 1780. The van der Waals surface area contributed by atoms with Crippen molar-refractivity contribution in [1.82, 2.24) is 5.32 Å². The summed E-state index contributed by atoms with van der Waals surface area (Å²) in [6, 6.07) is -0.899. The van der Waals surface area contributed by atoms with Crippen LogP contribution in [0.1, 0.15) is 316 Å². The summed E-state index contributed by atoms with van der Waals surface area (Å²) in [7, 11) is 1.17. The lowest BCUT2D eigenvalue weighted by Gasteiger charge is -2.30. The second-order valence-electron chi connectivity index (χ2n) is 25.0. The predicted molar refractivity (Wildman–Crippen MR) is 367 cm³/mol. The van der Waals surface area contributed by atoms with Crippen LogP contribution in [0.15, 0.2) is 97.2 Å². The maximum atomic E-state index is 13.6. The van der Waals surface area contributed by atoms with Crippen molar-refractivity contribution in [3.05, 3.63) is 97.2 Å². The molecule has 0 rings (SSSR count). The molecule has 0 aliphatic rings. The van der Waals surface area contributed by atoms with Crippen LogP contribution in [0.5, 0.6) is 0 Å². The molecule has 0 aliphatic heterocycles. The fraction of sp³-hybridized carbons (Fsp3) is 0.760. The van der Waals surface area contributed by atoms with Gasteiger partial charge in [0, 0.05) is 12.8 Å². The number of hydrogen-bond acceptors (Lipinski definition) is 7. The quantitative estimate of drug-likeness (QED) is 0.0212. The van der Waals surface area contributed by atoms with Crippen molar-refractivity contribution in [2.45, 2.75) is 328 Å². The number of rotatable bonds is 64. The number of likely N-dealkylation sites (N-methyl/N-ethyl adjacent to an activating group) is 1. The summed E-state index contributed by atoms with van der Waals surface area (Å²) in [4.78, 5) is 40.2. The molecule has 10 heteroatoms. The van der Waals surface area contributed by atoms with E-state index in [1.807, 2.05) is 33.3 Å². The Morgan fingerprint density at radius 3 is 1.09 bits per heavy atom. The maximum absolute atomic E-state index is 13.6. The fourth-order valence-electron chi connectivity index (χ4n) is 9.98. The van der Waals surface area contributed by atoms with E-state index in [0.29, 0.717) is 17.4 Å². The Morgan fingerprint density at radius 1 is 0.412 bits per heavy atom. The summed E-state index contributed by atoms with van der Waals surface area (Å²) in [5.74, 6) is -0.550. The zero-order valence-electron chi connectivity index (χ0n) is 56.3. The van der Waals surface area contributed by atoms with Gasteiger partial charge in [0.25, 0.3) is 7.82 Å². The van der Waals surface area contributed by atoms with Crippen LogP contribution in [-0.4, -0.2) is 69.4 Å². The highest BCUT2D eigenvalue weighted by Crippen LogP contribution is 2.38. The molecule has 0 heterocycles. The van der Waals surface area contributed by atoms with Gasteiger partial charge < -0.3 is 28.5 Å². The van der Waals surface area contributed by atoms with Gasteiger partial charge in [0.05, 0.1) is 33.8 Å². The number of hydrogen-bond donors (Lipinski definition) is 1. The molecule has 0 aliphatic carbocycles. The van der Waals surface area contributed by atoms with Gasteiger partial charge in [-0.25, -0.2) is 0 Å². The SMILES string of the molecule is CCCCC/C=C\C/C=C\C/C=C\C/C=C\CCCCCCCCCCCCCC(=O)OC(/C=C\CCCCCCCCCCC)C(COP(=O)([O-])OCC[N+](C)(C)C)NC(=O)CCCCCCCCCC/C=C\C/C=C\C/C=C\CCCCC. The van der Waals surface area contributed by atoms with Crippen molar-refractivity contribution in [3.8, 4) is 0 Å². The standard InChI is InChI=1S/C75H135N2O7P/c1-7-10-13-16-19-22-25-27-29-31-33-35-36-37-38-39-40-42-44-46-48-50-53-56-59-62-65-68-75(79)84-73(66-63-60-57-54-51-24-21-18-15-12-9-3)72(71-83-85(80,81)82-70-69-77(4,5)6)76-74(78)67-64-61-58-55-52-49-47-45-43-41-34-32-30-28-26-23-20-17-14-11-8-2/h19-20,22-23,27-30,33-35,37-38,41,63,66,72-73H,7-18,21,24-26,31-32,36,39-40,42-62,64-65,67-71H2,1-6H3,(H-,76,78,80,81)/b22-19-,23-20-,29-27-,30-28-,35-33-,38-37-,41-34-,66-63-. The number of nitrogens with one attached hydrogen (secondary N) is 1. The summed E-state index contributed by atoms with van der Waals surface area (Å²) >= 11 is 0. The van der Waals surface area contributed by atoms with Crippen molar-refractivity contribution < 1.29 is 37.3 Å². The fourth-order valence-corrected chi connectivity index (χ4v) is 10.7. The van der Waals surface area contributed by atoms with Gasteiger partial charge in [-0.05, 0) is 115 Å². The number of amides is 1. The number of ether oxygens (including phenoxy) is 1. The van der Waals surface area contributed by atoms with E-state index in [4.69, 9.17) is 13.8 Å². The molecule has 0 aromatic carbocycles. The molecule has 0 aromatic heterocycles. The van der Waals surface area contributed by atoms with Gasteiger partial charge in [0.1, 0.15) is 19.3 Å². The van der Waals surface area contributed by atoms with Gasteiger partial charge >= 0.3 is 5.97 Å². The second-order valence-corrected chi connectivity index (χ2v) is 26.4. The molecule has 1 amide bonds. The van der Waals surface area contributed by atoms with E-state index in [9.17, 15) is 19.0 Å². The average Bonchev–Trinajstić information content (AvgIpc) is 3.59. The number of quaternary nitrogens is 1. The molecule has 0 saturated heterocycles. The molecule has 9 nitrogen and oxygen atoms in total. The molecule has 0 aromatic rings. The second kappa shape index (κ2) is 63.9. The lowest BCUT2D eigenvalue weighted by molar-refractivity contribution is -0.870. The van der Waals surface area contributed by atoms with Gasteiger partial charge in [-0.1, -0.05) is 285 Å². The monoisotopic (exact) mass is 1210 g/mol. The Kier molecular flexibility index (Phi) is 61.6. The summed E-state index contributed by atoms with van der Waals surface area (Å²) < 4.78 is 30.4. The molecular weight excluding hydrogens is 1070 g/mol. The van der Waals surface area contributed by atoms with Crippen LogP contribution >= 0.6 is 7.82 Å². The number of carbonyl (C=O) groups excluding carboxylic acids is 2. The van der Waals surface area contributed by atoms with E-state index in [0.717, 1.165) is 109 Å². The van der Waals surface area contributed by atoms with Gasteiger partial charge in [-0.3, -0.25) is 14.2 Å². The lowest BCUT2D eigenvalue weighted by atomic mass is 10.0. The molecule has 0 fully saturated rings. The van der Waals surface area contributed by atoms with Gasteiger partial charge in [0.2, 0.25) is 5.91 Å². The molecule has 0 saturated carbocycles. The first-order valence-electron chi connectivity index (χ1n) is 35.5. The van der Waals surface area contributed by atoms with Crippen molar-refractivity contribution in [2.24, 2.45) is 0 Å². The molecule has 1 N–H and O–H groups in total. The van der Waals surface area contributed by atoms with Crippen LogP contribution in [-0.2, 0) is 27.9 Å². The summed E-state index contributed by atoms with van der Waals surface area (Å²) in [6.45, 7) is 6.79. The average molecular weight is 1210 g/mol. The van der Waals surface area contributed by atoms with Crippen molar-refractivity contribution in [2.75, 3.05) is 40.9 Å². The molecule has 492 valence electrons. The van der Waals surface area contributed by atoms with E-state index in [1.54, 1.807) is 0 Å². The highest BCUT2D eigenvalue weighted by Gasteiger charge is 2.27. The van der Waals surface area contributed by atoms with E-state index in [1.165, 1.54) is 173 Å². The largest absolute Gasteiger partial charge is 0.756 e. The third-order valence-corrected chi connectivity index (χ3v) is 16.5. The number of phosphoric ester groups is 1. The third kappa shape index (κ3) is 65.2. The maximum Gasteiger partial charge on any atom is 0.306 e. The van der Waals surface area contributed by atoms with Crippen LogP contribution in [0, 0.1) is 0 Å². The first kappa shape index (κ1) is 81.9. The zero-order chi connectivity index (χ0) is 62.1. The van der Waals surface area contributed by atoms with Crippen LogP contribution in [0.25, 0.3) is 0 Å².